The molecular formula is C11H15Cl2N. The van der Waals surface area contributed by atoms with Gasteiger partial charge in [-0.3, -0.25) is 4.90 Å². The van der Waals surface area contributed by atoms with E-state index in [0.29, 0.717) is 5.88 Å². The molecule has 0 heterocycles. The zero-order valence-electron chi connectivity index (χ0n) is 8.29. The van der Waals surface area contributed by atoms with Gasteiger partial charge in [0, 0.05) is 19.0 Å². The average Bonchev–Trinajstić information content (AvgIpc) is 2.18. The van der Waals surface area contributed by atoms with Crippen molar-refractivity contribution in [3.63, 3.8) is 0 Å². The number of nitrogens with zero attached hydrogens (tertiary/aromatic N) is 1. The first-order valence-corrected chi connectivity index (χ1v) is 5.69. The summed E-state index contributed by atoms with van der Waals surface area (Å²) in [5, 5.41) is 0. The number of halogens is 2. The van der Waals surface area contributed by atoms with Crippen molar-refractivity contribution in [3.8, 4) is 0 Å². The fourth-order valence-electron chi connectivity index (χ4n) is 1.31. The number of hydrogen-bond acceptors (Lipinski definition) is 1. The highest BCUT2D eigenvalue weighted by molar-refractivity contribution is 6.20. The highest BCUT2D eigenvalue weighted by atomic mass is 35.5. The first-order chi connectivity index (χ1) is 6.74. The van der Waals surface area contributed by atoms with Crippen LogP contribution in [0.2, 0.25) is 0 Å². The normalized spacial score (nSPS) is 13.1. The summed E-state index contributed by atoms with van der Waals surface area (Å²) in [4.78, 5) is 2.14. The molecule has 1 rings (SSSR count). The Bertz CT molecular complexity index is 249. The summed E-state index contributed by atoms with van der Waals surface area (Å²) in [5.41, 5.74) is 1.29. The van der Waals surface area contributed by atoms with Crippen molar-refractivity contribution in [3.05, 3.63) is 35.9 Å². The van der Waals surface area contributed by atoms with E-state index in [-0.39, 0.29) is 5.50 Å². The maximum Gasteiger partial charge on any atom is 0.0825 e. The third-order valence-corrected chi connectivity index (χ3v) is 2.55. The molecule has 0 saturated heterocycles. The molecule has 0 aromatic heterocycles. The minimum Gasteiger partial charge on any atom is -0.282 e. The van der Waals surface area contributed by atoms with Gasteiger partial charge in [0.05, 0.1) is 5.50 Å². The van der Waals surface area contributed by atoms with Gasteiger partial charge in [-0.15, -0.1) is 23.2 Å². The maximum atomic E-state index is 6.04. The van der Waals surface area contributed by atoms with Crippen LogP contribution < -0.4 is 0 Å². The Balaban J connectivity index is 2.55. The van der Waals surface area contributed by atoms with E-state index in [1.54, 1.807) is 0 Å². The van der Waals surface area contributed by atoms with Crippen LogP contribution in [-0.2, 0) is 6.54 Å². The summed E-state index contributed by atoms with van der Waals surface area (Å²) >= 11 is 11.7. The Hall–Kier alpha value is -0.240. The topological polar surface area (TPSA) is 3.24 Å². The second-order valence-corrected chi connectivity index (χ2v) is 4.23. The molecule has 0 fully saturated rings. The Morgan fingerprint density at radius 3 is 2.43 bits per heavy atom. The molecule has 0 radical (unpaired) electrons. The zero-order chi connectivity index (χ0) is 10.4. The first-order valence-electron chi connectivity index (χ1n) is 4.72. The standard InChI is InChI=1S/C11H15Cl2N/c1-10(13)14(8-7-12)9-11-5-3-2-4-6-11/h2-6,10H,7-9H2,1H3. The van der Waals surface area contributed by atoms with Crippen LogP contribution in [0.25, 0.3) is 0 Å². The highest BCUT2D eigenvalue weighted by Gasteiger charge is 2.10. The number of benzene rings is 1. The fraction of sp³-hybridized carbons (Fsp3) is 0.455. The summed E-state index contributed by atoms with van der Waals surface area (Å²) in [7, 11) is 0. The molecule has 0 spiro atoms. The van der Waals surface area contributed by atoms with Gasteiger partial charge in [-0.05, 0) is 12.5 Å². The predicted molar refractivity (Wildman–Crippen MR) is 62.9 cm³/mol. The van der Waals surface area contributed by atoms with E-state index in [9.17, 15) is 0 Å². The van der Waals surface area contributed by atoms with E-state index in [2.05, 4.69) is 17.0 Å². The average molecular weight is 232 g/mol. The molecular weight excluding hydrogens is 217 g/mol. The van der Waals surface area contributed by atoms with Crippen LogP contribution in [0.4, 0.5) is 0 Å². The summed E-state index contributed by atoms with van der Waals surface area (Å²) in [6.07, 6.45) is 0. The van der Waals surface area contributed by atoms with Crippen LogP contribution in [0.5, 0.6) is 0 Å². The molecule has 0 amide bonds. The predicted octanol–water partition coefficient (Wildman–Crippen LogP) is 3.31. The van der Waals surface area contributed by atoms with E-state index in [4.69, 9.17) is 23.2 Å². The van der Waals surface area contributed by atoms with Gasteiger partial charge >= 0.3 is 0 Å². The van der Waals surface area contributed by atoms with E-state index in [1.807, 2.05) is 25.1 Å². The lowest BCUT2D eigenvalue weighted by Crippen LogP contribution is -2.30. The fourth-order valence-corrected chi connectivity index (χ4v) is 1.69. The van der Waals surface area contributed by atoms with E-state index < -0.39 is 0 Å². The number of alkyl halides is 2. The van der Waals surface area contributed by atoms with Crippen molar-refractivity contribution in [2.75, 3.05) is 12.4 Å². The van der Waals surface area contributed by atoms with Crippen molar-refractivity contribution in [1.82, 2.24) is 4.90 Å². The Morgan fingerprint density at radius 1 is 1.29 bits per heavy atom. The smallest absolute Gasteiger partial charge is 0.0825 e. The minimum absolute atomic E-state index is 0.0222. The summed E-state index contributed by atoms with van der Waals surface area (Å²) in [5.74, 6) is 0.615. The van der Waals surface area contributed by atoms with Gasteiger partial charge in [0.15, 0.2) is 0 Å². The molecule has 0 aliphatic rings. The first kappa shape index (κ1) is 11.8. The third-order valence-electron chi connectivity index (χ3n) is 2.10. The Morgan fingerprint density at radius 2 is 1.93 bits per heavy atom. The van der Waals surface area contributed by atoms with Gasteiger partial charge in [-0.25, -0.2) is 0 Å². The van der Waals surface area contributed by atoms with Gasteiger partial charge in [-0.2, -0.15) is 0 Å². The molecule has 1 aromatic carbocycles. The second-order valence-electron chi connectivity index (χ2n) is 3.22. The number of hydrogen-bond donors (Lipinski definition) is 0. The van der Waals surface area contributed by atoms with Gasteiger partial charge in [0.25, 0.3) is 0 Å². The second kappa shape index (κ2) is 6.28. The van der Waals surface area contributed by atoms with Crippen LogP contribution in [-0.4, -0.2) is 22.8 Å². The molecule has 1 nitrogen and oxygen atoms in total. The summed E-state index contributed by atoms with van der Waals surface area (Å²) < 4.78 is 0. The highest BCUT2D eigenvalue weighted by Crippen LogP contribution is 2.10. The maximum absolute atomic E-state index is 6.04. The van der Waals surface area contributed by atoms with Gasteiger partial charge in [0.2, 0.25) is 0 Å². The molecule has 1 unspecified atom stereocenters. The van der Waals surface area contributed by atoms with Crippen LogP contribution in [0, 0.1) is 0 Å². The molecule has 78 valence electrons. The minimum atomic E-state index is 0.0222. The lowest BCUT2D eigenvalue weighted by Gasteiger charge is -2.23. The molecule has 14 heavy (non-hydrogen) atoms. The van der Waals surface area contributed by atoms with Crippen molar-refractivity contribution in [1.29, 1.82) is 0 Å². The van der Waals surface area contributed by atoms with Gasteiger partial charge in [-0.1, -0.05) is 30.3 Å². The van der Waals surface area contributed by atoms with Crippen LogP contribution >= 0.6 is 23.2 Å². The molecule has 0 saturated carbocycles. The van der Waals surface area contributed by atoms with Crippen LogP contribution in [0.3, 0.4) is 0 Å². The van der Waals surface area contributed by atoms with Crippen LogP contribution in [0.15, 0.2) is 30.3 Å². The van der Waals surface area contributed by atoms with E-state index in [0.717, 1.165) is 13.1 Å². The molecule has 1 atom stereocenters. The Labute approximate surface area is 95.6 Å². The SMILES string of the molecule is CC(Cl)N(CCCl)Cc1ccccc1. The molecule has 0 bridgehead atoms. The molecule has 3 heteroatoms. The zero-order valence-corrected chi connectivity index (χ0v) is 9.80. The van der Waals surface area contributed by atoms with E-state index in [1.165, 1.54) is 5.56 Å². The lowest BCUT2D eigenvalue weighted by atomic mass is 10.2. The number of rotatable bonds is 5. The van der Waals surface area contributed by atoms with E-state index >= 15 is 0 Å². The molecule has 0 aliphatic carbocycles. The van der Waals surface area contributed by atoms with Crippen molar-refractivity contribution in [2.24, 2.45) is 0 Å². The van der Waals surface area contributed by atoms with Crippen molar-refractivity contribution < 1.29 is 0 Å². The summed E-state index contributed by atoms with van der Waals surface area (Å²) in [6, 6.07) is 10.3. The third kappa shape index (κ3) is 3.87. The van der Waals surface area contributed by atoms with Gasteiger partial charge < -0.3 is 0 Å². The Kier molecular flexibility index (Phi) is 5.31. The molecule has 0 aliphatic heterocycles. The van der Waals surface area contributed by atoms with Crippen molar-refractivity contribution in [2.45, 2.75) is 19.0 Å². The molecule has 1 aromatic rings. The van der Waals surface area contributed by atoms with Crippen molar-refractivity contribution >= 4 is 23.2 Å². The monoisotopic (exact) mass is 231 g/mol. The van der Waals surface area contributed by atoms with Crippen LogP contribution in [0.1, 0.15) is 12.5 Å². The van der Waals surface area contributed by atoms with Gasteiger partial charge in [0.1, 0.15) is 0 Å². The molecule has 0 N–H and O–H groups in total. The largest absolute Gasteiger partial charge is 0.282 e. The quantitative estimate of drug-likeness (QED) is 0.556. The lowest BCUT2D eigenvalue weighted by molar-refractivity contribution is 0.270. The summed E-state index contributed by atoms with van der Waals surface area (Å²) in [6.45, 7) is 3.65.